The monoisotopic (exact) mass is 344 g/mol. The highest BCUT2D eigenvalue weighted by Crippen LogP contribution is 2.20. The molecule has 1 unspecified atom stereocenters. The van der Waals surface area contributed by atoms with Crippen LogP contribution in [0.2, 0.25) is 0 Å². The van der Waals surface area contributed by atoms with E-state index >= 15 is 0 Å². The van der Waals surface area contributed by atoms with Crippen molar-refractivity contribution in [3.63, 3.8) is 0 Å². The number of carbonyl (C=O) groups is 1. The second-order valence-electron chi connectivity index (χ2n) is 5.52. The molecule has 0 spiro atoms. The molecule has 1 amide bonds. The zero-order chi connectivity index (χ0) is 16.4. The molecule has 5 nitrogen and oxygen atoms in total. The first-order chi connectivity index (χ1) is 10.5. The van der Waals surface area contributed by atoms with Crippen LogP contribution in [-0.4, -0.2) is 45.4 Å². The lowest BCUT2D eigenvalue weighted by Gasteiger charge is -2.16. The van der Waals surface area contributed by atoms with Gasteiger partial charge in [0.2, 0.25) is 0 Å². The van der Waals surface area contributed by atoms with E-state index in [9.17, 15) is 4.79 Å². The Morgan fingerprint density at radius 1 is 1.17 bits per heavy atom. The van der Waals surface area contributed by atoms with Crippen LogP contribution < -0.4 is 15.4 Å². The standard InChI is InChI=1S/C17H28N2O3.ClH/c1-13(2)15-6-5-7-16(12-15)22-14(3)17(20)19-9-8-18-10-11-21-4;/h5-7,12-14,18H,8-11H2,1-4H3,(H,19,20);1H. The van der Waals surface area contributed by atoms with Gasteiger partial charge in [0.25, 0.3) is 5.91 Å². The lowest BCUT2D eigenvalue weighted by molar-refractivity contribution is -0.127. The third kappa shape index (κ3) is 8.79. The van der Waals surface area contributed by atoms with Crippen molar-refractivity contribution in [2.75, 3.05) is 33.4 Å². The summed E-state index contributed by atoms with van der Waals surface area (Å²) < 4.78 is 10.6. The number of carbonyl (C=O) groups excluding carboxylic acids is 1. The van der Waals surface area contributed by atoms with E-state index in [-0.39, 0.29) is 18.3 Å². The minimum Gasteiger partial charge on any atom is -0.481 e. The van der Waals surface area contributed by atoms with Crippen molar-refractivity contribution in [1.29, 1.82) is 0 Å². The van der Waals surface area contributed by atoms with Gasteiger partial charge in [-0.25, -0.2) is 0 Å². The number of benzene rings is 1. The fourth-order valence-electron chi connectivity index (χ4n) is 1.92. The summed E-state index contributed by atoms with van der Waals surface area (Å²) in [6.45, 7) is 8.75. The van der Waals surface area contributed by atoms with Crippen molar-refractivity contribution in [2.24, 2.45) is 0 Å². The second-order valence-corrected chi connectivity index (χ2v) is 5.52. The fourth-order valence-corrected chi connectivity index (χ4v) is 1.92. The molecule has 0 aliphatic carbocycles. The molecule has 0 fully saturated rings. The first kappa shape index (κ1) is 21.7. The van der Waals surface area contributed by atoms with Crippen molar-refractivity contribution < 1.29 is 14.3 Å². The van der Waals surface area contributed by atoms with Crippen LogP contribution in [0.3, 0.4) is 0 Å². The molecule has 1 aromatic rings. The summed E-state index contributed by atoms with van der Waals surface area (Å²) in [6.07, 6.45) is -0.513. The first-order valence-electron chi connectivity index (χ1n) is 7.78. The number of nitrogens with one attached hydrogen (secondary N) is 2. The Balaban J connectivity index is 0.00000484. The number of hydrogen-bond acceptors (Lipinski definition) is 4. The van der Waals surface area contributed by atoms with E-state index in [0.29, 0.717) is 25.6 Å². The zero-order valence-corrected chi connectivity index (χ0v) is 15.2. The van der Waals surface area contributed by atoms with Gasteiger partial charge in [-0.05, 0) is 30.5 Å². The second kappa shape index (κ2) is 12.2. The smallest absolute Gasteiger partial charge is 0.260 e. The Morgan fingerprint density at radius 3 is 2.57 bits per heavy atom. The molecule has 6 heteroatoms. The predicted octanol–water partition coefficient (Wildman–Crippen LogP) is 2.35. The number of rotatable bonds is 10. The Kier molecular flexibility index (Phi) is 11.5. The van der Waals surface area contributed by atoms with Crippen molar-refractivity contribution >= 4 is 18.3 Å². The highest BCUT2D eigenvalue weighted by atomic mass is 35.5. The van der Waals surface area contributed by atoms with E-state index in [1.54, 1.807) is 14.0 Å². The van der Waals surface area contributed by atoms with E-state index < -0.39 is 6.10 Å². The molecule has 0 radical (unpaired) electrons. The Morgan fingerprint density at radius 2 is 1.91 bits per heavy atom. The zero-order valence-electron chi connectivity index (χ0n) is 14.4. The Labute approximate surface area is 145 Å². The van der Waals surface area contributed by atoms with Gasteiger partial charge >= 0.3 is 0 Å². The first-order valence-corrected chi connectivity index (χ1v) is 7.78. The van der Waals surface area contributed by atoms with Crippen molar-refractivity contribution in [1.82, 2.24) is 10.6 Å². The van der Waals surface area contributed by atoms with Gasteiger partial charge in [0.15, 0.2) is 6.10 Å². The SMILES string of the molecule is COCCNCCNC(=O)C(C)Oc1cccc(C(C)C)c1.Cl. The molecule has 2 N–H and O–H groups in total. The van der Waals surface area contributed by atoms with Gasteiger partial charge in [0.1, 0.15) is 5.75 Å². The van der Waals surface area contributed by atoms with Crippen LogP contribution in [0.5, 0.6) is 5.75 Å². The quantitative estimate of drug-likeness (QED) is 0.640. The maximum absolute atomic E-state index is 12.0. The molecule has 132 valence electrons. The lowest BCUT2D eigenvalue weighted by atomic mass is 10.0. The van der Waals surface area contributed by atoms with E-state index in [1.807, 2.05) is 18.2 Å². The highest BCUT2D eigenvalue weighted by molar-refractivity contribution is 5.85. The van der Waals surface area contributed by atoms with E-state index in [2.05, 4.69) is 30.5 Å². The topological polar surface area (TPSA) is 59.6 Å². The van der Waals surface area contributed by atoms with Gasteiger partial charge in [-0.3, -0.25) is 4.79 Å². The molecule has 0 aliphatic rings. The minimum absolute atomic E-state index is 0. The van der Waals surface area contributed by atoms with E-state index in [1.165, 1.54) is 5.56 Å². The average Bonchev–Trinajstić information content (AvgIpc) is 2.50. The molecular weight excluding hydrogens is 316 g/mol. The average molecular weight is 345 g/mol. The van der Waals surface area contributed by atoms with Gasteiger partial charge in [-0.1, -0.05) is 26.0 Å². The van der Waals surface area contributed by atoms with Gasteiger partial charge in [0.05, 0.1) is 6.61 Å². The fraction of sp³-hybridized carbons (Fsp3) is 0.588. The molecule has 1 aromatic carbocycles. The van der Waals surface area contributed by atoms with Crippen LogP contribution in [0.1, 0.15) is 32.3 Å². The maximum Gasteiger partial charge on any atom is 0.260 e. The minimum atomic E-state index is -0.513. The van der Waals surface area contributed by atoms with E-state index in [0.717, 1.165) is 12.3 Å². The summed E-state index contributed by atoms with van der Waals surface area (Å²) in [5.41, 5.74) is 1.20. The molecule has 1 atom stereocenters. The van der Waals surface area contributed by atoms with Crippen molar-refractivity contribution in [3.8, 4) is 5.75 Å². The van der Waals surface area contributed by atoms with Gasteiger partial charge in [-0.2, -0.15) is 0 Å². The number of ether oxygens (including phenoxy) is 2. The number of halogens is 1. The molecule has 0 bridgehead atoms. The molecule has 0 aromatic heterocycles. The number of hydrogen-bond donors (Lipinski definition) is 2. The summed E-state index contributed by atoms with van der Waals surface area (Å²) in [5.74, 6) is 1.06. The van der Waals surface area contributed by atoms with Crippen molar-refractivity contribution in [3.05, 3.63) is 29.8 Å². The Hall–Kier alpha value is -1.30. The molecule has 1 rings (SSSR count). The summed E-state index contributed by atoms with van der Waals surface area (Å²) in [5, 5.41) is 6.02. The largest absolute Gasteiger partial charge is 0.481 e. The van der Waals surface area contributed by atoms with Crippen LogP contribution in [0, 0.1) is 0 Å². The van der Waals surface area contributed by atoms with Gasteiger partial charge in [-0.15, -0.1) is 12.4 Å². The summed E-state index contributed by atoms with van der Waals surface area (Å²) >= 11 is 0. The van der Waals surface area contributed by atoms with Crippen LogP contribution in [-0.2, 0) is 9.53 Å². The van der Waals surface area contributed by atoms with Crippen LogP contribution >= 0.6 is 12.4 Å². The highest BCUT2D eigenvalue weighted by Gasteiger charge is 2.14. The summed E-state index contributed by atoms with van der Waals surface area (Å²) in [6, 6.07) is 7.88. The molecule has 0 saturated carbocycles. The van der Waals surface area contributed by atoms with Gasteiger partial charge in [0, 0.05) is 26.7 Å². The molecule has 0 heterocycles. The molecule has 23 heavy (non-hydrogen) atoms. The summed E-state index contributed by atoms with van der Waals surface area (Å²) in [7, 11) is 1.66. The molecule has 0 saturated heterocycles. The number of methoxy groups -OCH3 is 1. The van der Waals surface area contributed by atoms with Crippen molar-refractivity contribution in [2.45, 2.75) is 32.8 Å². The van der Waals surface area contributed by atoms with Gasteiger partial charge < -0.3 is 20.1 Å². The normalized spacial score (nSPS) is 11.7. The van der Waals surface area contributed by atoms with Crippen LogP contribution in [0.15, 0.2) is 24.3 Å². The van der Waals surface area contributed by atoms with Crippen LogP contribution in [0.25, 0.3) is 0 Å². The summed E-state index contributed by atoms with van der Waals surface area (Å²) in [4.78, 5) is 12.0. The maximum atomic E-state index is 12.0. The van der Waals surface area contributed by atoms with Crippen LogP contribution in [0.4, 0.5) is 0 Å². The third-order valence-corrected chi connectivity index (χ3v) is 3.29. The molecular formula is C17H29ClN2O3. The molecule has 0 aliphatic heterocycles. The van der Waals surface area contributed by atoms with E-state index in [4.69, 9.17) is 9.47 Å². The third-order valence-electron chi connectivity index (χ3n) is 3.29. The predicted molar refractivity (Wildman–Crippen MR) is 95.6 cm³/mol. The number of amides is 1. The Bertz CT molecular complexity index is 455. The lowest BCUT2D eigenvalue weighted by Crippen LogP contribution is -2.40.